The Labute approximate surface area is 246 Å². The van der Waals surface area contributed by atoms with Crippen LogP contribution in [0.5, 0.6) is 5.75 Å². The second kappa shape index (κ2) is 13.5. The number of alkyl halides is 2. The molecule has 1 aromatic carbocycles. The molecule has 0 radical (unpaired) electrons. The molecule has 0 spiro atoms. The smallest absolute Gasteiger partial charge is 0.261 e. The highest BCUT2D eigenvalue weighted by molar-refractivity contribution is 9.10. The van der Waals surface area contributed by atoms with E-state index in [4.69, 9.17) is 31.0 Å². The molecule has 1 aliphatic rings. The van der Waals surface area contributed by atoms with Crippen LogP contribution in [-0.4, -0.2) is 83.4 Å². The lowest BCUT2D eigenvalue weighted by Gasteiger charge is -2.34. The summed E-state index contributed by atoms with van der Waals surface area (Å²) in [6, 6.07) is 5.22. The van der Waals surface area contributed by atoms with E-state index in [1.54, 1.807) is 29.9 Å². The summed E-state index contributed by atoms with van der Waals surface area (Å²) in [4.78, 5) is 12.1. The molecule has 13 heteroatoms. The maximum Gasteiger partial charge on any atom is 0.261 e. The third kappa shape index (κ3) is 7.09. The van der Waals surface area contributed by atoms with Crippen molar-refractivity contribution in [1.82, 2.24) is 25.1 Å². The van der Waals surface area contributed by atoms with Gasteiger partial charge in [-0.15, -0.1) is 0 Å². The van der Waals surface area contributed by atoms with E-state index in [1.807, 2.05) is 20.9 Å². The SMILES string of the molecule is CNC[C@@H](O)COc1ccc(Cl)c(-c2nc(-c3c(C)c(Br)nn3C)c(C)c(N3CCC(OCC(F)F)CC3)n2)c1. The molecule has 2 N–H and O–H groups in total. The van der Waals surface area contributed by atoms with Gasteiger partial charge in [-0.3, -0.25) is 4.68 Å². The number of hydrogen-bond acceptors (Lipinski definition) is 8. The maximum absolute atomic E-state index is 12.6. The minimum atomic E-state index is -2.48. The fourth-order valence-electron chi connectivity index (χ4n) is 4.79. The molecule has 3 aromatic rings. The molecule has 1 fully saturated rings. The zero-order valence-electron chi connectivity index (χ0n) is 22.9. The van der Waals surface area contributed by atoms with Crippen LogP contribution in [0.15, 0.2) is 22.8 Å². The summed E-state index contributed by atoms with van der Waals surface area (Å²) in [5.41, 5.74) is 3.93. The minimum absolute atomic E-state index is 0.109. The zero-order chi connectivity index (χ0) is 29.0. The van der Waals surface area contributed by atoms with Crippen molar-refractivity contribution in [2.45, 2.75) is 45.3 Å². The molecule has 0 unspecified atom stereocenters. The number of aliphatic hydroxyl groups is 1. The average Bonchev–Trinajstić information content (AvgIpc) is 3.18. The number of anilines is 1. The Morgan fingerprint density at radius 1 is 1.18 bits per heavy atom. The van der Waals surface area contributed by atoms with Gasteiger partial charge in [-0.1, -0.05) is 11.6 Å². The Balaban J connectivity index is 1.73. The second-order valence-corrected chi connectivity index (χ2v) is 11.0. The van der Waals surface area contributed by atoms with E-state index in [2.05, 4.69) is 31.2 Å². The normalized spacial score (nSPS) is 15.2. The summed E-state index contributed by atoms with van der Waals surface area (Å²) < 4.78 is 39.0. The first-order valence-electron chi connectivity index (χ1n) is 13.1. The number of aliphatic hydroxyl groups excluding tert-OH is 1. The number of rotatable bonds is 11. The van der Waals surface area contributed by atoms with Crippen molar-refractivity contribution in [1.29, 1.82) is 0 Å². The fraction of sp³-hybridized carbons (Fsp3) is 0.519. The Bertz CT molecular complexity index is 1320. The Hall–Kier alpha value is -2.38. The fourth-order valence-corrected chi connectivity index (χ4v) is 5.42. The molecule has 2 aromatic heterocycles. The number of nitrogens with one attached hydrogen (secondary N) is 1. The molecule has 218 valence electrons. The molecule has 9 nitrogen and oxygen atoms in total. The standard InChI is InChI=1S/C27H34BrClF2N6O3/c1-15-23(24-16(2)25(28)35-36(24)4)33-26(20-11-19(5-6-21(20)29)39-13-17(38)12-32-3)34-27(15)37-9-7-18(8-10-37)40-14-22(30)31/h5-6,11,17-18,22,32,38H,7-10,12-14H2,1-4H3/t17-/m1/s1. The van der Waals surface area contributed by atoms with E-state index in [9.17, 15) is 13.9 Å². The van der Waals surface area contributed by atoms with Crippen LogP contribution < -0.4 is 15.0 Å². The van der Waals surface area contributed by atoms with Gasteiger partial charge in [-0.25, -0.2) is 18.7 Å². The molecule has 0 aliphatic carbocycles. The molecular weight excluding hydrogens is 610 g/mol. The van der Waals surface area contributed by atoms with Crippen molar-refractivity contribution >= 4 is 33.3 Å². The lowest BCUT2D eigenvalue weighted by molar-refractivity contribution is -0.0319. The molecular formula is C27H34BrClF2N6O3. The van der Waals surface area contributed by atoms with Crippen LogP contribution in [0.2, 0.25) is 5.02 Å². The van der Waals surface area contributed by atoms with Gasteiger partial charge in [0.05, 0.1) is 22.5 Å². The molecule has 1 aliphatic heterocycles. The highest BCUT2D eigenvalue weighted by atomic mass is 79.9. The minimum Gasteiger partial charge on any atom is -0.491 e. The number of hydrogen-bond donors (Lipinski definition) is 2. The van der Waals surface area contributed by atoms with Gasteiger partial charge in [-0.2, -0.15) is 5.10 Å². The van der Waals surface area contributed by atoms with Gasteiger partial charge in [-0.05, 0) is 67.9 Å². The Morgan fingerprint density at radius 3 is 2.52 bits per heavy atom. The van der Waals surface area contributed by atoms with Crippen LogP contribution in [0.25, 0.3) is 22.8 Å². The number of nitrogens with zero attached hydrogens (tertiary/aromatic N) is 5. The molecule has 1 saturated heterocycles. The number of ether oxygens (including phenoxy) is 2. The van der Waals surface area contributed by atoms with E-state index in [-0.39, 0.29) is 12.7 Å². The summed E-state index contributed by atoms with van der Waals surface area (Å²) in [6.07, 6.45) is -2.16. The quantitative estimate of drug-likeness (QED) is 0.308. The molecule has 4 rings (SSSR count). The van der Waals surface area contributed by atoms with Crippen molar-refractivity contribution in [2.75, 3.05) is 44.8 Å². The van der Waals surface area contributed by atoms with Crippen LogP contribution >= 0.6 is 27.5 Å². The van der Waals surface area contributed by atoms with Crippen molar-refractivity contribution < 1.29 is 23.4 Å². The van der Waals surface area contributed by atoms with Gasteiger partial charge in [0, 0.05) is 43.4 Å². The van der Waals surface area contributed by atoms with Gasteiger partial charge >= 0.3 is 0 Å². The van der Waals surface area contributed by atoms with Gasteiger partial charge < -0.3 is 24.8 Å². The lowest BCUT2D eigenvalue weighted by atomic mass is 10.0. The summed E-state index contributed by atoms with van der Waals surface area (Å²) in [6.45, 7) is 5.09. The number of aromatic nitrogens is 4. The Morgan fingerprint density at radius 2 is 1.90 bits per heavy atom. The first-order chi connectivity index (χ1) is 19.1. The van der Waals surface area contributed by atoms with Crippen LogP contribution in [0.1, 0.15) is 24.0 Å². The van der Waals surface area contributed by atoms with Crippen LogP contribution in [0.4, 0.5) is 14.6 Å². The third-order valence-electron chi connectivity index (χ3n) is 6.83. The van der Waals surface area contributed by atoms with Crippen molar-refractivity contribution in [3.8, 4) is 28.5 Å². The predicted octanol–water partition coefficient (Wildman–Crippen LogP) is 4.79. The van der Waals surface area contributed by atoms with Crippen molar-refractivity contribution in [3.63, 3.8) is 0 Å². The number of halogens is 4. The van der Waals surface area contributed by atoms with Crippen LogP contribution in [0, 0.1) is 13.8 Å². The average molecular weight is 644 g/mol. The lowest BCUT2D eigenvalue weighted by Crippen LogP contribution is -2.38. The van der Waals surface area contributed by atoms with Crippen molar-refractivity contribution in [2.24, 2.45) is 7.05 Å². The van der Waals surface area contributed by atoms with Gasteiger partial charge in [0.2, 0.25) is 0 Å². The summed E-state index contributed by atoms with van der Waals surface area (Å²) in [5.74, 6) is 1.67. The summed E-state index contributed by atoms with van der Waals surface area (Å²) >= 11 is 10.2. The monoisotopic (exact) mass is 642 g/mol. The number of aryl methyl sites for hydroxylation is 1. The maximum atomic E-state index is 12.6. The molecule has 0 amide bonds. The molecule has 0 bridgehead atoms. The van der Waals surface area contributed by atoms with E-state index in [0.29, 0.717) is 60.3 Å². The van der Waals surface area contributed by atoms with E-state index < -0.39 is 19.1 Å². The predicted molar refractivity (Wildman–Crippen MR) is 154 cm³/mol. The summed E-state index contributed by atoms with van der Waals surface area (Å²) in [7, 11) is 3.62. The molecule has 1 atom stereocenters. The van der Waals surface area contributed by atoms with E-state index >= 15 is 0 Å². The second-order valence-electron chi connectivity index (χ2n) is 9.81. The third-order valence-corrected chi connectivity index (χ3v) is 7.91. The number of likely N-dealkylation sites (N-methyl/N-ethyl adjacent to an activating group) is 1. The first-order valence-corrected chi connectivity index (χ1v) is 14.2. The highest BCUT2D eigenvalue weighted by Gasteiger charge is 2.27. The summed E-state index contributed by atoms with van der Waals surface area (Å²) in [5, 5.41) is 17.9. The largest absolute Gasteiger partial charge is 0.491 e. The Kier molecular flexibility index (Phi) is 10.3. The topological polar surface area (TPSA) is 97.6 Å². The molecule has 3 heterocycles. The van der Waals surface area contributed by atoms with Gasteiger partial charge in [0.15, 0.2) is 5.82 Å². The van der Waals surface area contributed by atoms with E-state index in [0.717, 1.165) is 27.2 Å². The van der Waals surface area contributed by atoms with Gasteiger partial charge in [0.25, 0.3) is 6.43 Å². The highest BCUT2D eigenvalue weighted by Crippen LogP contribution is 2.37. The van der Waals surface area contributed by atoms with Gasteiger partial charge in [0.1, 0.15) is 35.5 Å². The van der Waals surface area contributed by atoms with Crippen LogP contribution in [0.3, 0.4) is 0 Å². The van der Waals surface area contributed by atoms with Crippen LogP contribution in [-0.2, 0) is 11.8 Å². The molecule has 40 heavy (non-hydrogen) atoms. The van der Waals surface area contributed by atoms with Crippen molar-refractivity contribution in [3.05, 3.63) is 39.0 Å². The number of piperidine rings is 1. The first kappa shape index (κ1) is 30.6. The molecule has 0 saturated carbocycles. The number of benzene rings is 1. The van der Waals surface area contributed by atoms with E-state index in [1.165, 1.54) is 0 Å². The zero-order valence-corrected chi connectivity index (χ0v) is 25.3.